The van der Waals surface area contributed by atoms with Crippen LogP contribution in [-0.4, -0.2) is 27.1 Å². The zero-order chi connectivity index (χ0) is 21.4. The molecule has 0 saturated carbocycles. The second-order valence-electron chi connectivity index (χ2n) is 8.03. The lowest BCUT2D eigenvalue weighted by Crippen LogP contribution is -2.42. The number of rotatable bonds is 3. The standard InChI is InChI=1S/C26H23N3O2/c1-18-21-12-7-8-14-23(21)26(31)29(27-18)17-25(30)28-15-20-11-5-6-13-22(20)24(16-28)19-9-3-2-4-10-19/h2-14,24H,15-17H2,1H3/t24-/m1/s1. The maximum Gasteiger partial charge on any atom is 0.275 e. The normalized spacial score (nSPS) is 15.6. The van der Waals surface area contributed by atoms with E-state index in [9.17, 15) is 9.59 Å². The monoisotopic (exact) mass is 409 g/mol. The van der Waals surface area contributed by atoms with E-state index in [1.54, 1.807) is 6.07 Å². The average Bonchev–Trinajstić information content (AvgIpc) is 2.82. The predicted molar refractivity (Wildman–Crippen MR) is 121 cm³/mol. The molecule has 5 nitrogen and oxygen atoms in total. The number of aromatic nitrogens is 2. The van der Waals surface area contributed by atoms with E-state index < -0.39 is 0 Å². The van der Waals surface area contributed by atoms with Crippen LogP contribution in [0.1, 0.15) is 28.3 Å². The number of hydrogen-bond donors (Lipinski definition) is 0. The minimum absolute atomic E-state index is 0.0613. The lowest BCUT2D eigenvalue weighted by Gasteiger charge is -2.35. The molecule has 0 aliphatic carbocycles. The molecule has 1 aliphatic rings. The molecule has 1 amide bonds. The Balaban J connectivity index is 1.47. The molecule has 154 valence electrons. The summed E-state index contributed by atoms with van der Waals surface area (Å²) in [5.41, 5.74) is 4.10. The number of nitrogens with zero attached hydrogens (tertiary/aromatic N) is 3. The summed E-state index contributed by atoms with van der Waals surface area (Å²) in [6.45, 7) is 2.93. The van der Waals surface area contributed by atoms with E-state index in [2.05, 4.69) is 29.4 Å². The highest BCUT2D eigenvalue weighted by Crippen LogP contribution is 2.33. The Bertz CT molecular complexity index is 1330. The maximum absolute atomic E-state index is 13.3. The molecule has 4 aromatic rings. The fourth-order valence-corrected chi connectivity index (χ4v) is 4.51. The van der Waals surface area contributed by atoms with Crippen molar-refractivity contribution < 1.29 is 4.79 Å². The van der Waals surface area contributed by atoms with Crippen molar-refractivity contribution in [1.82, 2.24) is 14.7 Å². The van der Waals surface area contributed by atoms with E-state index in [0.29, 0.717) is 18.5 Å². The number of fused-ring (bicyclic) bond motifs is 2. The van der Waals surface area contributed by atoms with Crippen molar-refractivity contribution in [2.24, 2.45) is 0 Å². The highest BCUT2D eigenvalue weighted by molar-refractivity contribution is 5.83. The molecule has 5 heteroatoms. The summed E-state index contributed by atoms with van der Waals surface area (Å²) < 4.78 is 1.30. The maximum atomic E-state index is 13.3. The summed E-state index contributed by atoms with van der Waals surface area (Å²) in [5, 5.41) is 5.83. The molecule has 0 radical (unpaired) electrons. The van der Waals surface area contributed by atoms with Crippen LogP contribution in [0.15, 0.2) is 83.7 Å². The van der Waals surface area contributed by atoms with Crippen LogP contribution in [-0.2, 0) is 17.9 Å². The Morgan fingerprint density at radius 1 is 0.935 bits per heavy atom. The van der Waals surface area contributed by atoms with E-state index in [4.69, 9.17) is 0 Å². The van der Waals surface area contributed by atoms with E-state index >= 15 is 0 Å². The van der Waals surface area contributed by atoms with Gasteiger partial charge < -0.3 is 4.90 Å². The van der Waals surface area contributed by atoms with Gasteiger partial charge in [0.15, 0.2) is 0 Å². The molecule has 3 aromatic carbocycles. The molecule has 0 saturated heterocycles. The third-order valence-electron chi connectivity index (χ3n) is 6.09. The molecule has 5 rings (SSSR count). The van der Waals surface area contributed by atoms with Crippen molar-refractivity contribution in [1.29, 1.82) is 0 Å². The number of aryl methyl sites for hydroxylation is 1. The summed E-state index contributed by atoms with van der Waals surface area (Å²) in [4.78, 5) is 28.0. The molecule has 0 N–H and O–H groups in total. The van der Waals surface area contributed by atoms with Crippen molar-refractivity contribution >= 4 is 16.7 Å². The summed E-state index contributed by atoms with van der Waals surface area (Å²) in [7, 11) is 0. The van der Waals surface area contributed by atoms with Crippen molar-refractivity contribution in [3.8, 4) is 0 Å². The summed E-state index contributed by atoms with van der Waals surface area (Å²) >= 11 is 0. The van der Waals surface area contributed by atoms with Gasteiger partial charge in [-0.15, -0.1) is 0 Å². The fourth-order valence-electron chi connectivity index (χ4n) is 4.51. The number of hydrogen-bond acceptors (Lipinski definition) is 3. The van der Waals surface area contributed by atoms with E-state index in [0.717, 1.165) is 16.6 Å². The predicted octanol–water partition coefficient (Wildman–Crippen LogP) is 3.88. The quantitative estimate of drug-likeness (QED) is 0.516. The van der Waals surface area contributed by atoms with Crippen LogP contribution in [0.25, 0.3) is 10.8 Å². The van der Waals surface area contributed by atoms with Gasteiger partial charge in [-0.05, 0) is 29.7 Å². The fraction of sp³-hybridized carbons (Fsp3) is 0.192. The number of carbonyl (C=O) groups is 1. The molecule has 1 aliphatic heterocycles. The first-order valence-electron chi connectivity index (χ1n) is 10.5. The van der Waals surface area contributed by atoms with Gasteiger partial charge in [0.1, 0.15) is 6.54 Å². The van der Waals surface area contributed by atoms with Gasteiger partial charge in [-0.3, -0.25) is 9.59 Å². The van der Waals surface area contributed by atoms with Gasteiger partial charge in [0, 0.05) is 24.4 Å². The van der Waals surface area contributed by atoms with Gasteiger partial charge in [0.2, 0.25) is 5.91 Å². The van der Waals surface area contributed by atoms with Crippen molar-refractivity contribution in [3.63, 3.8) is 0 Å². The van der Waals surface area contributed by atoms with E-state index in [1.807, 2.05) is 60.4 Å². The Kier molecular flexibility index (Phi) is 4.86. The lowest BCUT2D eigenvalue weighted by molar-refractivity contribution is -0.133. The van der Waals surface area contributed by atoms with Crippen LogP contribution in [0.2, 0.25) is 0 Å². The van der Waals surface area contributed by atoms with Crippen LogP contribution in [0.4, 0.5) is 0 Å². The van der Waals surface area contributed by atoms with Gasteiger partial charge in [0.25, 0.3) is 5.56 Å². The van der Waals surface area contributed by atoms with Gasteiger partial charge in [0.05, 0.1) is 11.1 Å². The van der Waals surface area contributed by atoms with Gasteiger partial charge in [-0.25, -0.2) is 4.68 Å². The Morgan fingerprint density at radius 2 is 1.61 bits per heavy atom. The van der Waals surface area contributed by atoms with E-state index in [-0.39, 0.29) is 23.9 Å². The topological polar surface area (TPSA) is 55.2 Å². The first kappa shape index (κ1) is 19.2. The van der Waals surface area contributed by atoms with Gasteiger partial charge >= 0.3 is 0 Å². The number of carbonyl (C=O) groups excluding carboxylic acids is 1. The van der Waals surface area contributed by atoms with Crippen LogP contribution in [0, 0.1) is 6.92 Å². The molecule has 1 atom stereocenters. The minimum atomic E-state index is -0.230. The van der Waals surface area contributed by atoms with Crippen LogP contribution in [0.3, 0.4) is 0 Å². The molecule has 0 spiro atoms. The molecule has 2 heterocycles. The first-order chi connectivity index (χ1) is 15.1. The SMILES string of the molecule is Cc1nn(CC(=O)N2Cc3ccccc3[C@@H](c3ccccc3)C2)c(=O)c2ccccc12. The van der Waals surface area contributed by atoms with Crippen molar-refractivity contribution in [3.05, 3.63) is 112 Å². The Hall–Kier alpha value is -3.73. The number of amides is 1. The van der Waals surface area contributed by atoms with Crippen LogP contribution >= 0.6 is 0 Å². The largest absolute Gasteiger partial charge is 0.336 e. The van der Waals surface area contributed by atoms with Crippen LogP contribution in [0.5, 0.6) is 0 Å². The molecule has 0 fully saturated rings. The second-order valence-corrected chi connectivity index (χ2v) is 8.03. The zero-order valence-electron chi connectivity index (χ0n) is 17.4. The summed E-state index contributed by atoms with van der Waals surface area (Å²) in [5.74, 6) is 0.0119. The average molecular weight is 409 g/mol. The molecule has 0 unspecified atom stereocenters. The molecule has 1 aromatic heterocycles. The van der Waals surface area contributed by atoms with Gasteiger partial charge in [-0.2, -0.15) is 5.10 Å². The highest BCUT2D eigenvalue weighted by atomic mass is 16.2. The van der Waals surface area contributed by atoms with Crippen molar-refractivity contribution in [2.45, 2.75) is 25.9 Å². The number of benzene rings is 3. The van der Waals surface area contributed by atoms with Crippen molar-refractivity contribution in [2.75, 3.05) is 6.54 Å². The molecular formula is C26H23N3O2. The minimum Gasteiger partial charge on any atom is -0.336 e. The zero-order valence-corrected chi connectivity index (χ0v) is 17.4. The third-order valence-corrected chi connectivity index (χ3v) is 6.09. The second kappa shape index (κ2) is 7.84. The third kappa shape index (κ3) is 3.52. The Morgan fingerprint density at radius 3 is 2.42 bits per heavy atom. The molecular weight excluding hydrogens is 386 g/mol. The first-order valence-corrected chi connectivity index (χ1v) is 10.5. The van der Waals surface area contributed by atoms with Gasteiger partial charge in [-0.1, -0.05) is 72.8 Å². The summed E-state index contributed by atoms with van der Waals surface area (Å²) in [6.07, 6.45) is 0. The molecule has 31 heavy (non-hydrogen) atoms. The smallest absolute Gasteiger partial charge is 0.275 e. The van der Waals surface area contributed by atoms with E-state index in [1.165, 1.54) is 15.8 Å². The lowest BCUT2D eigenvalue weighted by atomic mass is 9.84. The summed E-state index contributed by atoms with van der Waals surface area (Å²) in [6, 6.07) is 25.9. The molecule has 0 bridgehead atoms. The highest BCUT2D eigenvalue weighted by Gasteiger charge is 2.29. The van der Waals surface area contributed by atoms with Crippen LogP contribution < -0.4 is 5.56 Å². The Labute approximate surface area is 180 Å².